The summed E-state index contributed by atoms with van der Waals surface area (Å²) < 4.78 is 63.7. The number of aryl methyl sites for hydroxylation is 1. The van der Waals surface area contributed by atoms with Gasteiger partial charge >= 0.3 is 0 Å². The van der Waals surface area contributed by atoms with Crippen LogP contribution in [0, 0.1) is 5.92 Å². The molecule has 1 aliphatic rings. The van der Waals surface area contributed by atoms with E-state index in [0.29, 0.717) is 11.3 Å². The molecule has 0 saturated heterocycles. The fraction of sp³-hybridized carbons (Fsp3) is 0.440. The van der Waals surface area contributed by atoms with E-state index in [1.807, 2.05) is 6.92 Å². The molecule has 4 rings (SSSR count). The van der Waals surface area contributed by atoms with Crippen molar-refractivity contribution >= 4 is 43.0 Å². The van der Waals surface area contributed by atoms with Crippen LogP contribution >= 0.6 is 11.3 Å². The molecule has 0 radical (unpaired) electrons. The number of amides is 1. The fourth-order valence-corrected chi connectivity index (χ4v) is 7.55. The van der Waals surface area contributed by atoms with E-state index in [2.05, 4.69) is 9.71 Å². The van der Waals surface area contributed by atoms with Crippen molar-refractivity contribution in [3.63, 3.8) is 0 Å². The van der Waals surface area contributed by atoms with Crippen LogP contribution in [-0.4, -0.2) is 85.5 Å². The lowest BCUT2D eigenvalue weighted by Gasteiger charge is -2.33. The van der Waals surface area contributed by atoms with Crippen molar-refractivity contribution in [3.8, 4) is 5.75 Å². The number of rotatable bonds is 9. The first-order valence-electron chi connectivity index (χ1n) is 12.5. The van der Waals surface area contributed by atoms with Crippen molar-refractivity contribution in [2.75, 3.05) is 31.5 Å². The number of sulfonamides is 2. The summed E-state index contributed by atoms with van der Waals surface area (Å²) >= 11 is 1.08. The highest BCUT2D eigenvalue weighted by atomic mass is 32.2. The standard InChI is InChI=1S/C25H33N5O7S3/c1-17-12-30(18(2)15-31)24(32)11-19-10-20(27-39(33,34)25-6-5-9-38-25)7-8-21(19)37-22(17)13-29(4)40(35,36)23-14-28(3)16-26-23/h5-10,14,16-18,22,27,31H,11-13,15H2,1-4H3/t17-,18-,22-/m0/s1. The van der Waals surface area contributed by atoms with Crippen LogP contribution in [0.25, 0.3) is 0 Å². The van der Waals surface area contributed by atoms with Crippen LogP contribution < -0.4 is 9.46 Å². The molecule has 40 heavy (non-hydrogen) atoms. The second kappa shape index (κ2) is 11.9. The van der Waals surface area contributed by atoms with E-state index in [4.69, 9.17) is 4.74 Å². The summed E-state index contributed by atoms with van der Waals surface area (Å²) in [6, 6.07) is 7.30. The number of ether oxygens (including phenoxy) is 1. The van der Waals surface area contributed by atoms with Gasteiger partial charge in [0, 0.05) is 44.0 Å². The zero-order chi connectivity index (χ0) is 29.2. The van der Waals surface area contributed by atoms with Gasteiger partial charge in [0.25, 0.3) is 20.0 Å². The minimum absolute atomic E-state index is 0.0399. The number of fused-ring (bicyclic) bond motifs is 1. The highest BCUT2D eigenvalue weighted by Gasteiger charge is 2.34. The predicted molar refractivity (Wildman–Crippen MR) is 150 cm³/mol. The van der Waals surface area contributed by atoms with Gasteiger partial charge in [-0.3, -0.25) is 9.52 Å². The smallest absolute Gasteiger partial charge is 0.271 e. The molecule has 2 aromatic heterocycles. The lowest BCUT2D eigenvalue weighted by atomic mass is 10.0. The van der Waals surface area contributed by atoms with Gasteiger partial charge in [-0.05, 0) is 36.6 Å². The van der Waals surface area contributed by atoms with Crippen molar-refractivity contribution in [3.05, 3.63) is 53.8 Å². The summed E-state index contributed by atoms with van der Waals surface area (Å²) in [5, 5.41) is 11.4. The van der Waals surface area contributed by atoms with Gasteiger partial charge in [0.2, 0.25) is 5.91 Å². The Morgan fingerprint density at radius 1 is 1.27 bits per heavy atom. The number of imidazole rings is 1. The second-order valence-corrected chi connectivity index (χ2v) is 14.8. The average molecular weight is 612 g/mol. The molecule has 1 aromatic carbocycles. The zero-order valence-corrected chi connectivity index (χ0v) is 25.0. The molecule has 0 saturated carbocycles. The first-order chi connectivity index (χ1) is 18.8. The van der Waals surface area contributed by atoms with E-state index in [9.17, 15) is 26.7 Å². The Bertz CT molecular complexity index is 1550. The number of anilines is 1. The summed E-state index contributed by atoms with van der Waals surface area (Å²) in [6.07, 6.45) is 2.03. The van der Waals surface area contributed by atoms with Crippen molar-refractivity contribution < 1.29 is 31.5 Å². The Morgan fingerprint density at radius 2 is 2.02 bits per heavy atom. The minimum Gasteiger partial charge on any atom is -0.488 e. The molecule has 15 heteroatoms. The number of nitrogens with one attached hydrogen (secondary N) is 1. The quantitative estimate of drug-likeness (QED) is 0.372. The first kappa shape index (κ1) is 30.0. The first-order valence-corrected chi connectivity index (χ1v) is 16.3. The SMILES string of the molecule is C[C@H]1CN([C@@H](C)CO)C(=O)Cc2cc(NS(=O)(=O)c3cccs3)ccc2O[C@H]1CN(C)S(=O)(=O)c1cn(C)cn1. The second-order valence-electron chi connectivity index (χ2n) is 9.91. The van der Waals surface area contributed by atoms with E-state index in [1.165, 1.54) is 36.0 Å². The number of carbonyl (C=O) groups excluding carboxylic acids is 1. The van der Waals surface area contributed by atoms with Gasteiger partial charge in [-0.25, -0.2) is 21.8 Å². The van der Waals surface area contributed by atoms with Gasteiger partial charge in [0.05, 0.1) is 31.9 Å². The van der Waals surface area contributed by atoms with Crippen LogP contribution in [0.15, 0.2) is 57.5 Å². The Balaban J connectivity index is 1.68. The third-order valence-electron chi connectivity index (χ3n) is 6.72. The van der Waals surface area contributed by atoms with Crippen LogP contribution in [0.2, 0.25) is 0 Å². The third kappa shape index (κ3) is 6.49. The maximum atomic E-state index is 13.4. The predicted octanol–water partition coefficient (Wildman–Crippen LogP) is 1.75. The molecule has 0 spiro atoms. The lowest BCUT2D eigenvalue weighted by Crippen LogP contribution is -2.48. The highest BCUT2D eigenvalue weighted by Crippen LogP contribution is 2.31. The molecule has 3 heterocycles. The van der Waals surface area contributed by atoms with E-state index >= 15 is 0 Å². The minimum atomic E-state index is -3.92. The van der Waals surface area contributed by atoms with Gasteiger partial charge in [-0.1, -0.05) is 13.0 Å². The van der Waals surface area contributed by atoms with Gasteiger partial charge in [0.1, 0.15) is 16.1 Å². The fourth-order valence-electron chi connectivity index (χ4n) is 4.37. The number of benzene rings is 1. The lowest BCUT2D eigenvalue weighted by molar-refractivity contribution is -0.134. The zero-order valence-electron chi connectivity index (χ0n) is 22.6. The van der Waals surface area contributed by atoms with Crippen LogP contribution in [0.1, 0.15) is 19.4 Å². The molecule has 1 amide bonds. The summed E-state index contributed by atoms with van der Waals surface area (Å²) in [5.74, 6) is -0.264. The molecular weight excluding hydrogens is 579 g/mol. The van der Waals surface area contributed by atoms with E-state index < -0.39 is 32.2 Å². The molecule has 3 atom stereocenters. The molecule has 12 nitrogen and oxygen atoms in total. The van der Waals surface area contributed by atoms with Crippen LogP contribution in [-0.2, 0) is 38.3 Å². The topological polar surface area (TPSA) is 151 Å². The highest BCUT2D eigenvalue weighted by molar-refractivity contribution is 7.94. The monoisotopic (exact) mass is 611 g/mol. The number of nitrogens with zero attached hydrogens (tertiary/aromatic N) is 4. The largest absolute Gasteiger partial charge is 0.488 e. The molecule has 0 unspecified atom stereocenters. The Kier molecular flexibility index (Phi) is 8.89. The van der Waals surface area contributed by atoms with Crippen LogP contribution in [0.4, 0.5) is 5.69 Å². The number of hydrogen-bond acceptors (Lipinski definition) is 9. The normalized spacial score (nSPS) is 19.4. The van der Waals surface area contributed by atoms with Crippen LogP contribution in [0.5, 0.6) is 5.75 Å². The number of aliphatic hydroxyl groups is 1. The van der Waals surface area contributed by atoms with Gasteiger partial charge in [-0.15, -0.1) is 11.3 Å². The number of carbonyl (C=O) groups is 1. The third-order valence-corrected chi connectivity index (χ3v) is 11.2. The van der Waals surface area contributed by atoms with E-state index in [1.54, 1.807) is 47.0 Å². The van der Waals surface area contributed by atoms with E-state index in [-0.39, 0.29) is 52.9 Å². The van der Waals surface area contributed by atoms with Crippen LogP contribution in [0.3, 0.4) is 0 Å². The Morgan fingerprint density at radius 3 is 2.65 bits per heavy atom. The summed E-state index contributed by atoms with van der Waals surface area (Å²) in [6.45, 7) is 3.50. The maximum Gasteiger partial charge on any atom is 0.271 e. The molecule has 3 aromatic rings. The van der Waals surface area contributed by atoms with Crippen molar-refractivity contribution in [2.45, 2.75) is 41.6 Å². The van der Waals surface area contributed by atoms with Gasteiger partial charge in [-0.2, -0.15) is 4.31 Å². The number of aromatic nitrogens is 2. The average Bonchev–Trinajstić information content (AvgIpc) is 3.60. The molecule has 2 N–H and O–H groups in total. The van der Waals surface area contributed by atoms with Crippen molar-refractivity contribution in [2.24, 2.45) is 13.0 Å². The molecule has 0 fully saturated rings. The Hall–Kier alpha value is -2.98. The summed E-state index contributed by atoms with van der Waals surface area (Å²) in [4.78, 5) is 18.9. The Labute approximate surface area is 238 Å². The molecule has 218 valence electrons. The van der Waals surface area contributed by atoms with Crippen molar-refractivity contribution in [1.82, 2.24) is 18.8 Å². The van der Waals surface area contributed by atoms with Crippen molar-refractivity contribution in [1.29, 1.82) is 0 Å². The molecule has 1 aliphatic heterocycles. The summed E-state index contributed by atoms with van der Waals surface area (Å²) in [7, 11) is -4.62. The molecular formula is C25H33N5O7S3. The number of hydrogen-bond donors (Lipinski definition) is 2. The molecule has 0 bridgehead atoms. The summed E-state index contributed by atoms with van der Waals surface area (Å²) in [5.41, 5.74) is 0.685. The van der Waals surface area contributed by atoms with Gasteiger partial charge in [0.15, 0.2) is 5.03 Å². The van der Waals surface area contributed by atoms with Gasteiger partial charge < -0.3 is 19.3 Å². The maximum absolute atomic E-state index is 13.4. The number of aliphatic hydroxyl groups excluding tert-OH is 1. The number of likely N-dealkylation sites (N-methyl/N-ethyl adjacent to an activating group) is 1. The van der Waals surface area contributed by atoms with E-state index in [0.717, 1.165) is 11.3 Å². The number of thiophene rings is 1. The molecule has 0 aliphatic carbocycles.